The lowest BCUT2D eigenvalue weighted by Gasteiger charge is -2.21. The van der Waals surface area contributed by atoms with Crippen LogP contribution in [-0.2, 0) is 0 Å². The monoisotopic (exact) mass is 241 g/mol. The number of hydrogen-bond acceptors (Lipinski definition) is 3. The van der Waals surface area contributed by atoms with Crippen LogP contribution in [-0.4, -0.2) is 19.4 Å². The standard InChI is InChI=1S/C12H16ClNO2/c1-12(2,7-14)11(15)9-6-8(13)4-5-10(9)16-3/h4-6H,7,14H2,1-3H3. The highest BCUT2D eigenvalue weighted by Crippen LogP contribution is 2.29. The summed E-state index contributed by atoms with van der Waals surface area (Å²) in [6.07, 6.45) is 0. The number of halogens is 1. The second-order valence-corrected chi connectivity index (χ2v) is 4.70. The van der Waals surface area contributed by atoms with Gasteiger partial charge >= 0.3 is 0 Å². The van der Waals surface area contributed by atoms with Crippen molar-refractivity contribution in [2.75, 3.05) is 13.7 Å². The van der Waals surface area contributed by atoms with Crippen molar-refractivity contribution in [1.29, 1.82) is 0 Å². The van der Waals surface area contributed by atoms with Gasteiger partial charge in [0.05, 0.1) is 12.7 Å². The van der Waals surface area contributed by atoms with Crippen LogP contribution in [0.3, 0.4) is 0 Å². The highest BCUT2D eigenvalue weighted by Gasteiger charge is 2.29. The minimum atomic E-state index is -0.613. The molecular formula is C12H16ClNO2. The van der Waals surface area contributed by atoms with Gasteiger partial charge < -0.3 is 10.5 Å². The largest absolute Gasteiger partial charge is 0.496 e. The molecule has 0 atom stereocenters. The predicted molar refractivity (Wildman–Crippen MR) is 65.2 cm³/mol. The number of Topliss-reactive ketones (excluding diaryl/α,β-unsaturated/α-hetero) is 1. The van der Waals surface area contributed by atoms with Crippen LogP contribution in [0.5, 0.6) is 5.75 Å². The average Bonchev–Trinajstić information content (AvgIpc) is 2.28. The van der Waals surface area contributed by atoms with Crippen molar-refractivity contribution in [3.63, 3.8) is 0 Å². The van der Waals surface area contributed by atoms with Gasteiger partial charge in [0.1, 0.15) is 5.75 Å². The molecule has 16 heavy (non-hydrogen) atoms. The number of methoxy groups -OCH3 is 1. The van der Waals surface area contributed by atoms with Crippen LogP contribution < -0.4 is 10.5 Å². The number of benzene rings is 1. The van der Waals surface area contributed by atoms with Crippen molar-refractivity contribution in [1.82, 2.24) is 0 Å². The Morgan fingerprint density at radius 2 is 2.12 bits per heavy atom. The van der Waals surface area contributed by atoms with Gasteiger partial charge in [0, 0.05) is 17.0 Å². The summed E-state index contributed by atoms with van der Waals surface area (Å²) in [5, 5.41) is 0.511. The molecule has 88 valence electrons. The summed E-state index contributed by atoms with van der Waals surface area (Å²) < 4.78 is 5.14. The van der Waals surface area contributed by atoms with Gasteiger partial charge in [0.25, 0.3) is 0 Å². The molecule has 0 aliphatic carbocycles. The predicted octanol–water partition coefficient (Wildman–Crippen LogP) is 2.52. The van der Waals surface area contributed by atoms with E-state index in [-0.39, 0.29) is 12.3 Å². The number of carbonyl (C=O) groups is 1. The second-order valence-electron chi connectivity index (χ2n) is 4.26. The Morgan fingerprint density at radius 1 is 1.50 bits per heavy atom. The van der Waals surface area contributed by atoms with Crippen LogP contribution in [0.15, 0.2) is 18.2 Å². The minimum absolute atomic E-state index is 0.0608. The quantitative estimate of drug-likeness (QED) is 0.825. The van der Waals surface area contributed by atoms with Gasteiger partial charge in [-0.25, -0.2) is 0 Å². The van der Waals surface area contributed by atoms with Gasteiger partial charge in [-0.05, 0) is 18.2 Å². The first-order valence-electron chi connectivity index (χ1n) is 5.01. The van der Waals surface area contributed by atoms with Crippen LogP contribution in [0.1, 0.15) is 24.2 Å². The zero-order valence-electron chi connectivity index (χ0n) is 9.71. The zero-order valence-corrected chi connectivity index (χ0v) is 10.5. The molecule has 0 unspecified atom stereocenters. The molecule has 0 fully saturated rings. The van der Waals surface area contributed by atoms with E-state index in [9.17, 15) is 4.79 Å². The van der Waals surface area contributed by atoms with Crippen molar-refractivity contribution in [3.05, 3.63) is 28.8 Å². The maximum Gasteiger partial charge on any atom is 0.173 e. The van der Waals surface area contributed by atoms with Crippen molar-refractivity contribution < 1.29 is 9.53 Å². The molecule has 0 spiro atoms. The molecule has 4 heteroatoms. The summed E-state index contributed by atoms with van der Waals surface area (Å²) in [4.78, 5) is 12.2. The van der Waals surface area contributed by atoms with Gasteiger partial charge in [0.15, 0.2) is 5.78 Å². The molecule has 1 rings (SSSR count). The zero-order chi connectivity index (χ0) is 12.3. The van der Waals surface area contributed by atoms with E-state index in [0.717, 1.165) is 0 Å². The molecule has 0 radical (unpaired) electrons. The topological polar surface area (TPSA) is 52.3 Å². The minimum Gasteiger partial charge on any atom is -0.496 e. The number of rotatable bonds is 4. The number of carbonyl (C=O) groups excluding carboxylic acids is 1. The Hall–Kier alpha value is -1.06. The Morgan fingerprint density at radius 3 is 2.62 bits per heavy atom. The van der Waals surface area contributed by atoms with Gasteiger partial charge in [-0.3, -0.25) is 4.79 Å². The van der Waals surface area contributed by atoms with Gasteiger partial charge in [-0.2, -0.15) is 0 Å². The third kappa shape index (κ3) is 2.54. The van der Waals surface area contributed by atoms with Gasteiger partial charge in [-0.15, -0.1) is 0 Å². The van der Waals surface area contributed by atoms with E-state index < -0.39 is 5.41 Å². The Balaban J connectivity index is 3.21. The van der Waals surface area contributed by atoms with E-state index in [4.69, 9.17) is 22.1 Å². The fourth-order valence-corrected chi connectivity index (χ4v) is 1.49. The highest BCUT2D eigenvalue weighted by atomic mass is 35.5. The first-order valence-corrected chi connectivity index (χ1v) is 5.38. The van der Waals surface area contributed by atoms with Gasteiger partial charge in [-0.1, -0.05) is 25.4 Å². The number of nitrogens with two attached hydrogens (primary N) is 1. The molecule has 3 nitrogen and oxygen atoms in total. The van der Waals surface area contributed by atoms with E-state index in [1.165, 1.54) is 7.11 Å². The Kier molecular flexibility index (Phi) is 3.94. The van der Waals surface area contributed by atoms with Crippen LogP contribution >= 0.6 is 11.6 Å². The summed E-state index contributed by atoms with van der Waals surface area (Å²) in [5.41, 5.74) is 5.44. The SMILES string of the molecule is COc1ccc(Cl)cc1C(=O)C(C)(C)CN. The average molecular weight is 242 g/mol. The van der Waals surface area contributed by atoms with Crippen LogP contribution in [0.2, 0.25) is 5.02 Å². The lowest BCUT2D eigenvalue weighted by Crippen LogP contribution is -2.33. The lowest BCUT2D eigenvalue weighted by molar-refractivity contribution is 0.0844. The van der Waals surface area contributed by atoms with Gasteiger partial charge in [0.2, 0.25) is 0 Å². The molecule has 0 bridgehead atoms. The molecule has 2 N–H and O–H groups in total. The second kappa shape index (κ2) is 4.85. The third-order valence-electron chi connectivity index (χ3n) is 2.53. The lowest BCUT2D eigenvalue weighted by atomic mass is 9.84. The van der Waals surface area contributed by atoms with E-state index in [1.54, 1.807) is 32.0 Å². The van der Waals surface area contributed by atoms with E-state index in [0.29, 0.717) is 16.3 Å². The molecule has 0 aliphatic rings. The number of hydrogen-bond donors (Lipinski definition) is 1. The smallest absolute Gasteiger partial charge is 0.173 e. The fraction of sp³-hybridized carbons (Fsp3) is 0.417. The van der Waals surface area contributed by atoms with Crippen molar-refractivity contribution in [2.24, 2.45) is 11.1 Å². The summed E-state index contributed by atoms with van der Waals surface area (Å²) in [6, 6.07) is 4.98. The molecule has 0 saturated heterocycles. The normalized spacial score (nSPS) is 11.3. The summed E-state index contributed by atoms with van der Waals surface area (Å²) in [6.45, 7) is 3.88. The molecule has 0 aromatic heterocycles. The molecular weight excluding hydrogens is 226 g/mol. The first-order chi connectivity index (χ1) is 7.42. The fourth-order valence-electron chi connectivity index (χ4n) is 1.31. The maximum absolute atomic E-state index is 12.2. The molecule has 1 aromatic carbocycles. The summed E-state index contributed by atoms with van der Waals surface area (Å²) >= 11 is 5.87. The number of ketones is 1. The first kappa shape index (κ1) is 13.0. The molecule has 0 aliphatic heterocycles. The van der Waals surface area contributed by atoms with Crippen molar-refractivity contribution in [3.8, 4) is 5.75 Å². The molecule has 0 heterocycles. The third-order valence-corrected chi connectivity index (χ3v) is 2.77. The Labute approximate surface area is 101 Å². The summed E-state index contributed by atoms with van der Waals surface area (Å²) in [7, 11) is 1.52. The van der Waals surface area contributed by atoms with E-state index >= 15 is 0 Å². The molecule has 0 saturated carbocycles. The highest BCUT2D eigenvalue weighted by molar-refractivity contribution is 6.31. The maximum atomic E-state index is 12.2. The van der Waals surface area contributed by atoms with Crippen LogP contribution in [0.25, 0.3) is 0 Å². The Bertz CT molecular complexity index is 402. The summed E-state index contributed by atoms with van der Waals surface area (Å²) in [5.74, 6) is 0.463. The van der Waals surface area contributed by atoms with E-state index in [1.807, 2.05) is 0 Å². The molecule has 1 aromatic rings. The van der Waals surface area contributed by atoms with Crippen molar-refractivity contribution >= 4 is 17.4 Å². The van der Waals surface area contributed by atoms with E-state index in [2.05, 4.69) is 0 Å². The van der Waals surface area contributed by atoms with Crippen LogP contribution in [0.4, 0.5) is 0 Å². The van der Waals surface area contributed by atoms with Crippen LogP contribution in [0, 0.1) is 5.41 Å². The molecule has 0 amide bonds. The van der Waals surface area contributed by atoms with Crippen molar-refractivity contribution in [2.45, 2.75) is 13.8 Å². The number of ether oxygens (including phenoxy) is 1.